The summed E-state index contributed by atoms with van der Waals surface area (Å²) in [6.07, 6.45) is 0.352. The normalized spacial score (nSPS) is 10.4. The molecule has 7 heteroatoms. The van der Waals surface area contributed by atoms with Gasteiger partial charge in [-0.15, -0.1) is 0 Å². The fourth-order valence-corrected chi connectivity index (χ4v) is 2.59. The van der Waals surface area contributed by atoms with Crippen LogP contribution in [0.1, 0.15) is 25.8 Å². The largest absolute Gasteiger partial charge is 0.493 e. The number of rotatable bonds is 9. The molecule has 0 heterocycles. The van der Waals surface area contributed by atoms with Crippen LogP contribution < -0.4 is 20.1 Å². The molecule has 2 rings (SSSR count). The number of hydrogen-bond acceptors (Lipinski definition) is 5. The van der Waals surface area contributed by atoms with E-state index in [1.807, 2.05) is 32.0 Å². The van der Waals surface area contributed by atoms with E-state index in [0.29, 0.717) is 42.3 Å². The minimum atomic E-state index is -0.518. The van der Waals surface area contributed by atoms with E-state index in [-0.39, 0.29) is 11.8 Å². The van der Waals surface area contributed by atoms with Gasteiger partial charge in [-0.2, -0.15) is 0 Å². The van der Waals surface area contributed by atoms with Crippen molar-refractivity contribution in [1.29, 1.82) is 0 Å². The zero-order valence-electron chi connectivity index (χ0n) is 17.3. The Morgan fingerprint density at radius 3 is 2.28 bits per heavy atom. The molecule has 0 radical (unpaired) electrons. The minimum Gasteiger partial charge on any atom is -0.493 e. The third kappa shape index (κ3) is 7.37. The third-order valence-electron chi connectivity index (χ3n) is 4.03. The molecular weight excluding hydrogens is 372 g/mol. The van der Waals surface area contributed by atoms with Crippen molar-refractivity contribution in [3.05, 3.63) is 48.0 Å². The highest BCUT2D eigenvalue weighted by Gasteiger charge is 2.09. The molecule has 0 aliphatic heterocycles. The Morgan fingerprint density at radius 2 is 1.62 bits per heavy atom. The van der Waals surface area contributed by atoms with Crippen LogP contribution >= 0.6 is 0 Å². The Morgan fingerprint density at radius 1 is 0.931 bits per heavy atom. The number of carbonyl (C=O) groups is 2. The van der Waals surface area contributed by atoms with Crippen LogP contribution in [0, 0.1) is 5.92 Å². The second-order valence-corrected chi connectivity index (χ2v) is 6.94. The molecule has 2 amide bonds. The number of amides is 2. The highest BCUT2D eigenvalue weighted by Crippen LogP contribution is 2.28. The maximum atomic E-state index is 12.3. The predicted molar refractivity (Wildman–Crippen MR) is 113 cm³/mol. The lowest BCUT2D eigenvalue weighted by atomic mass is 10.1. The number of aryl methyl sites for hydroxylation is 1. The van der Waals surface area contributed by atoms with Gasteiger partial charge in [0.1, 0.15) is 0 Å². The fourth-order valence-electron chi connectivity index (χ4n) is 2.59. The number of carbonyl (C=O) groups excluding carboxylic acids is 2. The Hall–Kier alpha value is -3.22. The highest BCUT2D eigenvalue weighted by atomic mass is 16.5. The van der Waals surface area contributed by atoms with Gasteiger partial charge in [0.05, 0.1) is 20.8 Å². The van der Waals surface area contributed by atoms with Gasteiger partial charge >= 0.3 is 6.09 Å². The molecule has 156 valence electrons. The molecule has 2 N–H and O–H groups in total. The first kappa shape index (κ1) is 22.1. The molecule has 0 saturated carbocycles. The molecule has 0 aliphatic rings. The van der Waals surface area contributed by atoms with E-state index < -0.39 is 6.09 Å². The van der Waals surface area contributed by atoms with Crippen LogP contribution in [0.25, 0.3) is 0 Å². The van der Waals surface area contributed by atoms with Crippen molar-refractivity contribution < 1.29 is 23.8 Å². The van der Waals surface area contributed by atoms with Crippen molar-refractivity contribution in [2.45, 2.75) is 26.7 Å². The van der Waals surface area contributed by atoms with Crippen LogP contribution in [-0.4, -0.2) is 32.8 Å². The van der Waals surface area contributed by atoms with E-state index in [0.717, 1.165) is 5.56 Å². The summed E-state index contributed by atoms with van der Waals surface area (Å²) in [6.45, 7) is 4.27. The minimum absolute atomic E-state index is 0.126. The van der Waals surface area contributed by atoms with E-state index in [1.165, 1.54) is 0 Å². The third-order valence-corrected chi connectivity index (χ3v) is 4.03. The molecule has 0 unspecified atom stereocenters. The van der Waals surface area contributed by atoms with Crippen molar-refractivity contribution in [1.82, 2.24) is 0 Å². The van der Waals surface area contributed by atoms with Crippen molar-refractivity contribution >= 4 is 23.4 Å². The van der Waals surface area contributed by atoms with E-state index in [9.17, 15) is 9.59 Å². The Balaban J connectivity index is 1.88. The second kappa shape index (κ2) is 10.9. The van der Waals surface area contributed by atoms with Crippen LogP contribution in [0.3, 0.4) is 0 Å². The molecule has 0 saturated heterocycles. The summed E-state index contributed by atoms with van der Waals surface area (Å²) < 4.78 is 15.6. The maximum Gasteiger partial charge on any atom is 0.411 e. The lowest BCUT2D eigenvalue weighted by Gasteiger charge is -2.11. The molecule has 2 aromatic carbocycles. The molecule has 0 bridgehead atoms. The smallest absolute Gasteiger partial charge is 0.411 e. The van der Waals surface area contributed by atoms with E-state index in [4.69, 9.17) is 14.2 Å². The highest BCUT2D eigenvalue weighted by molar-refractivity contribution is 5.92. The molecule has 0 aliphatic carbocycles. The maximum absolute atomic E-state index is 12.3. The van der Waals surface area contributed by atoms with Crippen molar-refractivity contribution in [3.8, 4) is 11.5 Å². The quantitative estimate of drug-likeness (QED) is 0.648. The van der Waals surface area contributed by atoms with Gasteiger partial charge in [0, 0.05) is 17.8 Å². The van der Waals surface area contributed by atoms with Gasteiger partial charge in [-0.3, -0.25) is 10.1 Å². The zero-order chi connectivity index (χ0) is 21.2. The first-order valence-electron chi connectivity index (χ1n) is 9.46. The Labute approximate surface area is 171 Å². The van der Waals surface area contributed by atoms with Gasteiger partial charge in [0.15, 0.2) is 11.5 Å². The fraction of sp³-hybridized carbons (Fsp3) is 0.364. The predicted octanol–water partition coefficient (Wildman–Crippen LogP) is 4.48. The average molecular weight is 400 g/mol. The summed E-state index contributed by atoms with van der Waals surface area (Å²) in [5.41, 5.74) is 2.13. The van der Waals surface area contributed by atoms with E-state index in [2.05, 4.69) is 10.6 Å². The number of hydrogen-bond donors (Lipinski definition) is 2. The summed E-state index contributed by atoms with van der Waals surface area (Å²) in [7, 11) is 3.16. The summed E-state index contributed by atoms with van der Waals surface area (Å²) in [6, 6.07) is 12.5. The zero-order valence-corrected chi connectivity index (χ0v) is 17.3. The first-order valence-corrected chi connectivity index (χ1v) is 9.46. The van der Waals surface area contributed by atoms with Crippen LogP contribution in [0.15, 0.2) is 42.5 Å². The SMILES string of the molecule is COc1ccc(CCC(=O)Nc2cccc(NC(=O)OCC(C)C)c2)cc1OC. The Kier molecular flexibility index (Phi) is 8.33. The van der Waals surface area contributed by atoms with Gasteiger partial charge in [0.2, 0.25) is 5.91 Å². The number of ether oxygens (including phenoxy) is 3. The molecule has 2 aromatic rings. The van der Waals surface area contributed by atoms with Gasteiger partial charge in [-0.1, -0.05) is 26.0 Å². The lowest BCUT2D eigenvalue weighted by molar-refractivity contribution is -0.116. The van der Waals surface area contributed by atoms with E-state index >= 15 is 0 Å². The van der Waals surface area contributed by atoms with Gasteiger partial charge in [-0.25, -0.2) is 4.79 Å². The van der Waals surface area contributed by atoms with Crippen LogP contribution in [0.2, 0.25) is 0 Å². The number of benzene rings is 2. The number of nitrogens with one attached hydrogen (secondary N) is 2. The molecule has 7 nitrogen and oxygen atoms in total. The summed E-state index contributed by atoms with van der Waals surface area (Å²) in [5.74, 6) is 1.42. The van der Waals surface area contributed by atoms with Gasteiger partial charge in [0.25, 0.3) is 0 Å². The molecule has 0 atom stereocenters. The lowest BCUT2D eigenvalue weighted by Crippen LogP contribution is -2.17. The second-order valence-electron chi connectivity index (χ2n) is 6.94. The first-order chi connectivity index (χ1) is 13.9. The summed E-state index contributed by atoms with van der Waals surface area (Å²) >= 11 is 0. The van der Waals surface area contributed by atoms with Crippen molar-refractivity contribution in [2.24, 2.45) is 5.92 Å². The van der Waals surface area contributed by atoms with Crippen molar-refractivity contribution in [3.63, 3.8) is 0 Å². The van der Waals surface area contributed by atoms with Crippen molar-refractivity contribution in [2.75, 3.05) is 31.5 Å². The molecule has 0 fully saturated rings. The molecule has 29 heavy (non-hydrogen) atoms. The van der Waals surface area contributed by atoms with Crippen LogP contribution in [-0.2, 0) is 16.0 Å². The average Bonchev–Trinajstić information content (AvgIpc) is 2.70. The Bertz CT molecular complexity index is 836. The van der Waals surface area contributed by atoms with E-state index in [1.54, 1.807) is 38.5 Å². The number of anilines is 2. The molecular formula is C22H28N2O5. The summed E-state index contributed by atoms with van der Waals surface area (Å²) in [5, 5.41) is 5.49. The standard InChI is InChI=1S/C22H28N2O5/c1-15(2)14-29-22(26)24-18-7-5-6-17(13-18)23-21(25)11-9-16-8-10-19(27-3)20(12-16)28-4/h5-8,10,12-13,15H,9,11,14H2,1-4H3,(H,23,25)(H,24,26). The topological polar surface area (TPSA) is 85.9 Å². The monoisotopic (exact) mass is 400 g/mol. The summed E-state index contributed by atoms with van der Waals surface area (Å²) in [4.78, 5) is 24.1. The van der Waals surface area contributed by atoms with Crippen LogP contribution in [0.5, 0.6) is 11.5 Å². The van der Waals surface area contributed by atoms with Gasteiger partial charge < -0.3 is 19.5 Å². The number of methoxy groups -OCH3 is 2. The molecule has 0 aromatic heterocycles. The van der Waals surface area contributed by atoms with Crippen LogP contribution in [0.4, 0.5) is 16.2 Å². The van der Waals surface area contributed by atoms with Gasteiger partial charge in [-0.05, 0) is 48.2 Å². The molecule has 0 spiro atoms.